The first-order valence-electron chi connectivity index (χ1n) is 37.2. The molecule has 0 fully saturated rings. The summed E-state index contributed by atoms with van der Waals surface area (Å²) in [5, 5.41) is 21.1. The summed E-state index contributed by atoms with van der Waals surface area (Å²) >= 11 is 6.81. The molecule has 16 aromatic carbocycles. The van der Waals surface area contributed by atoms with E-state index in [-0.39, 0.29) is 0 Å². The minimum atomic E-state index is 0.590. The third kappa shape index (κ3) is 14.8. The van der Waals surface area contributed by atoms with E-state index in [4.69, 9.17) is 46.2 Å². The van der Waals surface area contributed by atoms with Crippen molar-refractivity contribution < 1.29 is 9.68 Å². The number of pyridine rings is 2. The van der Waals surface area contributed by atoms with E-state index in [0.29, 0.717) is 30.1 Å². The minimum Gasteiger partial charge on any atom is -0.537 e. The zero-order valence-electron chi connectivity index (χ0n) is 60.6. The van der Waals surface area contributed by atoms with Gasteiger partial charge in [0.1, 0.15) is 5.75 Å². The number of para-hydroxylation sites is 2. The molecule has 4 aromatic heterocycles. The van der Waals surface area contributed by atoms with Crippen molar-refractivity contribution in [3.8, 4) is 129 Å². The van der Waals surface area contributed by atoms with E-state index in [9.17, 15) is 0 Å². The summed E-state index contributed by atoms with van der Waals surface area (Å²) in [4.78, 5) is 30.2. The lowest BCUT2D eigenvalue weighted by Gasteiger charge is -2.16. The number of halogens is 1. The van der Waals surface area contributed by atoms with Crippen molar-refractivity contribution in [1.82, 2.24) is 29.9 Å². The number of aromatic nitrogens is 6. The molecule has 0 amide bonds. The van der Waals surface area contributed by atoms with Gasteiger partial charge in [0.2, 0.25) is 0 Å². The average Bonchev–Trinajstić information content (AvgIpc) is 0.753. The fourth-order valence-electron chi connectivity index (χ4n) is 14.8. The van der Waals surface area contributed by atoms with Gasteiger partial charge >= 0.3 is 7.69 Å². The Labute approximate surface area is 654 Å². The molecule has 0 spiro atoms. The molecule has 112 heavy (non-hydrogen) atoms. The minimum absolute atomic E-state index is 0.590. The Morgan fingerprint density at radius 2 is 0.509 bits per heavy atom. The van der Waals surface area contributed by atoms with Crippen LogP contribution in [-0.2, 0) is 0 Å². The van der Waals surface area contributed by atoms with Crippen LogP contribution in [0.4, 0.5) is 0 Å². The van der Waals surface area contributed by atoms with Gasteiger partial charge in [-0.05, 0) is 186 Å². The largest absolute Gasteiger partial charge is 0.569 e. The number of nitrogens with zero attached hydrogens (tertiary/aromatic N) is 6. The lowest BCUT2D eigenvalue weighted by atomic mass is 9.89. The molecule has 0 aliphatic carbocycles. The first kappa shape index (κ1) is 69.4. The van der Waals surface area contributed by atoms with Gasteiger partial charge in [-0.15, -0.1) is 0 Å². The lowest BCUT2D eigenvalue weighted by molar-refractivity contribution is 0.454. The Hall–Kier alpha value is -14.3. The molecule has 20 aromatic rings. The van der Waals surface area contributed by atoms with Crippen LogP contribution in [0.5, 0.6) is 5.75 Å². The van der Waals surface area contributed by atoms with Crippen molar-refractivity contribution in [2.75, 3.05) is 0 Å². The van der Waals surface area contributed by atoms with E-state index in [1.807, 2.05) is 115 Å². The highest BCUT2D eigenvalue weighted by Crippen LogP contribution is 2.43. The predicted molar refractivity (Wildman–Crippen MR) is 465 cm³/mol. The smallest absolute Gasteiger partial charge is 0.537 e. The zero-order chi connectivity index (χ0) is 75.1. The molecule has 0 unspecified atom stereocenters. The van der Waals surface area contributed by atoms with Gasteiger partial charge in [-0.3, -0.25) is 0 Å². The van der Waals surface area contributed by atoms with E-state index in [1.165, 1.54) is 48.7 Å². The van der Waals surface area contributed by atoms with E-state index in [2.05, 4.69) is 278 Å². The Morgan fingerprint density at radius 1 is 0.214 bits per heavy atom. The first-order chi connectivity index (χ1) is 55.3. The zero-order valence-corrected chi connectivity index (χ0v) is 61.4. The Kier molecular flexibility index (Phi) is 19.5. The molecule has 8 nitrogen and oxygen atoms in total. The van der Waals surface area contributed by atoms with Gasteiger partial charge in [0.15, 0.2) is 11.6 Å². The van der Waals surface area contributed by atoms with Crippen LogP contribution in [0.1, 0.15) is 0 Å². The molecule has 0 saturated carbocycles. The molecule has 0 bridgehead atoms. The number of rotatable bonds is 13. The molecule has 0 aliphatic heterocycles. The van der Waals surface area contributed by atoms with Crippen LogP contribution in [0.3, 0.4) is 0 Å². The van der Waals surface area contributed by atoms with Gasteiger partial charge in [-0.25, -0.2) is 29.9 Å². The highest BCUT2D eigenvalue weighted by molar-refractivity contribution is 6.31. The van der Waals surface area contributed by atoms with Gasteiger partial charge in [0.05, 0.1) is 45.2 Å². The molecule has 0 saturated heterocycles. The van der Waals surface area contributed by atoms with Crippen molar-refractivity contribution >= 4 is 84.2 Å². The van der Waals surface area contributed by atoms with E-state index in [1.54, 1.807) is 12.1 Å². The molecule has 1 radical (unpaired) electrons. The number of hydrogen-bond acceptors (Lipinski definition) is 8. The summed E-state index contributed by atoms with van der Waals surface area (Å²) in [6.07, 6.45) is 0. The maximum atomic E-state index is 8.56. The number of fused-ring (bicyclic) bond motifs is 6. The normalized spacial score (nSPS) is 11.1. The lowest BCUT2D eigenvalue weighted by Crippen LogP contribution is -1.99. The van der Waals surface area contributed by atoms with Crippen molar-refractivity contribution in [2.45, 2.75) is 0 Å². The van der Waals surface area contributed by atoms with Crippen LogP contribution in [0.2, 0.25) is 5.02 Å². The summed E-state index contributed by atoms with van der Waals surface area (Å²) in [6, 6.07) is 138. The van der Waals surface area contributed by atoms with E-state index < -0.39 is 0 Å². The average molecular weight is 1450 g/mol. The molecule has 4 heterocycles. The van der Waals surface area contributed by atoms with Crippen LogP contribution >= 0.6 is 11.6 Å². The maximum Gasteiger partial charge on any atom is 0.569 e. The van der Waals surface area contributed by atoms with Gasteiger partial charge < -0.3 is 9.68 Å². The van der Waals surface area contributed by atoms with Crippen molar-refractivity contribution in [3.05, 3.63) is 405 Å². The second-order valence-corrected chi connectivity index (χ2v) is 27.8. The van der Waals surface area contributed by atoms with Gasteiger partial charge in [0, 0.05) is 60.3 Å². The third-order valence-corrected chi connectivity index (χ3v) is 20.5. The second kappa shape index (κ2) is 31.5. The summed E-state index contributed by atoms with van der Waals surface area (Å²) in [6.45, 7) is 0. The van der Waals surface area contributed by atoms with Gasteiger partial charge in [0.25, 0.3) is 0 Å². The molecular formula is C102H67BClN6O2. The molecule has 20 rings (SSSR count). The van der Waals surface area contributed by atoms with Crippen LogP contribution in [0.15, 0.2) is 400 Å². The van der Waals surface area contributed by atoms with Gasteiger partial charge in [-0.1, -0.05) is 303 Å². The standard InChI is InChI=1S/C51H33N3.C36H23ClN2.C15H11BNO2/c1-3-13-35(14-4-1)48-33-49(36-15-5-2-6-16-36)54-51(53-48)43-31-41(34-23-25-38(26-24-34)47-28-27-37-17-9-12-22-46(37)52-47)30-42(32-43)50-44-20-10-7-18-39(44)29-40-19-8-11-21-45(40)50;37-30-21-28(35-31-17-9-7-15-26(31)19-27-16-8-10-18-32(27)35)20-29(22-30)36-38-33(24-11-3-1-4-12-24)23-34(39-36)25-13-5-2-6-14-25;18-16-19-13-8-5-12(6-9-13)15-10-7-11-3-1-2-4-14(11)17-15/h1-33H;1-23H;1-10,18H. The predicted octanol–water partition coefficient (Wildman–Crippen LogP) is 26.2. The van der Waals surface area contributed by atoms with Crippen LogP contribution in [0, 0.1) is 0 Å². The number of hydrogen-bond donors (Lipinski definition) is 1. The monoisotopic (exact) mass is 1450 g/mol. The van der Waals surface area contributed by atoms with Crippen LogP contribution < -0.4 is 4.65 Å². The fourth-order valence-corrected chi connectivity index (χ4v) is 15.0. The molecule has 1 N–H and O–H groups in total. The van der Waals surface area contributed by atoms with Crippen molar-refractivity contribution in [2.24, 2.45) is 0 Å². The van der Waals surface area contributed by atoms with Crippen molar-refractivity contribution in [3.63, 3.8) is 0 Å². The third-order valence-electron chi connectivity index (χ3n) is 20.2. The van der Waals surface area contributed by atoms with Gasteiger partial charge in [-0.2, -0.15) is 0 Å². The summed E-state index contributed by atoms with van der Waals surface area (Å²) in [5.41, 5.74) is 22.2. The van der Waals surface area contributed by atoms with Crippen molar-refractivity contribution in [1.29, 1.82) is 0 Å². The summed E-state index contributed by atoms with van der Waals surface area (Å²) in [5.74, 6) is 1.91. The quantitative estimate of drug-likeness (QED) is 0.0899. The first-order valence-corrected chi connectivity index (χ1v) is 37.5. The fraction of sp³-hybridized carbons (Fsp3) is 0. The Morgan fingerprint density at radius 3 is 0.902 bits per heavy atom. The summed E-state index contributed by atoms with van der Waals surface area (Å²) < 4.78 is 4.88. The second-order valence-electron chi connectivity index (χ2n) is 27.4. The number of benzene rings is 16. The molecular weight excluding hydrogens is 1390 g/mol. The molecule has 527 valence electrons. The topological polar surface area (TPSA) is 107 Å². The van der Waals surface area contributed by atoms with E-state index >= 15 is 0 Å². The molecule has 0 aliphatic rings. The molecule has 0 atom stereocenters. The summed E-state index contributed by atoms with van der Waals surface area (Å²) in [7, 11) is 0.670. The highest BCUT2D eigenvalue weighted by atomic mass is 35.5. The van der Waals surface area contributed by atoms with Crippen LogP contribution in [0.25, 0.3) is 189 Å². The Bertz CT molecular complexity index is 6610. The maximum absolute atomic E-state index is 8.56. The van der Waals surface area contributed by atoms with Crippen LogP contribution in [-0.4, -0.2) is 42.6 Å². The highest BCUT2D eigenvalue weighted by Gasteiger charge is 2.20. The Balaban J connectivity index is 0.000000131. The van der Waals surface area contributed by atoms with E-state index in [0.717, 1.165) is 128 Å². The molecule has 10 heteroatoms. The SMILES string of the molecule is Clc1cc(-c2nc(-c3ccccc3)cc(-c3ccccc3)n2)cc(-c2c3ccccc3cc3ccccc23)c1.O[B]Oc1ccc(-c2ccc3ccccc3n2)cc1.c1ccc(-c2cc(-c3ccccc3)nc(-c3cc(-c4ccc(-c5ccc6ccccc6n5)cc4)cc(-c4c5ccccc5cc5ccccc45)c3)n2)cc1.